The second kappa shape index (κ2) is 5.66. The average Bonchev–Trinajstić information content (AvgIpc) is 3.26. The van der Waals surface area contributed by atoms with E-state index < -0.39 is 0 Å². The lowest BCUT2D eigenvalue weighted by atomic mass is 10.1. The zero-order valence-corrected chi connectivity index (χ0v) is 13.2. The molecule has 1 saturated heterocycles. The molecule has 22 heavy (non-hydrogen) atoms. The summed E-state index contributed by atoms with van der Waals surface area (Å²) in [5.74, 6) is 1.35. The lowest BCUT2D eigenvalue weighted by Gasteiger charge is -2.21. The predicted molar refractivity (Wildman–Crippen MR) is 83.2 cm³/mol. The summed E-state index contributed by atoms with van der Waals surface area (Å²) in [6, 6.07) is 2.40. The Morgan fingerprint density at radius 3 is 3.18 bits per heavy atom. The SMILES string of the molecule is Cn1cc([C@@H]2CCCN2Cc2nc(-c3ccsc3)no2)cn1. The molecule has 0 aliphatic carbocycles. The van der Waals surface area contributed by atoms with Crippen molar-refractivity contribution in [1.82, 2.24) is 24.8 Å². The molecular formula is C15H17N5OS. The quantitative estimate of drug-likeness (QED) is 0.741. The largest absolute Gasteiger partial charge is 0.338 e. The van der Waals surface area contributed by atoms with Crippen molar-refractivity contribution < 1.29 is 4.52 Å². The van der Waals surface area contributed by atoms with Crippen LogP contribution in [0.25, 0.3) is 11.4 Å². The molecule has 4 heterocycles. The molecule has 0 amide bonds. The van der Waals surface area contributed by atoms with Gasteiger partial charge in [0.25, 0.3) is 0 Å². The van der Waals surface area contributed by atoms with Gasteiger partial charge >= 0.3 is 0 Å². The smallest absolute Gasteiger partial charge is 0.241 e. The Kier molecular flexibility index (Phi) is 3.51. The number of hydrogen-bond donors (Lipinski definition) is 0. The minimum Gasteiger partial charge on any atom is -0.338 e. The first kappa shape index (κ1) is 13.7. The van der Waals surface area contributed by atoms with Crippen LogP contribution in [-0.4, -0.2) is 31.4 Å². The summed E-state index contributed by atoms with van der Waals surface area (Å²) in [6.45, 7) is 1.74. The molecule has 7 heteroatoms. The van der Waals surface area contributed by atoms with Crippen molar-refractivity contribution in [3.63, 3.8) is 0 Å². The molecule has 0 radical (unpaired) electrons. The van der Waals surface area contributed by atoms with Gasteiger partial charge in [-0.15, -0.1) is 0 Å². The van der Waals surface area contributed by atoms with E-state index in [1.165, 1.54) is 12.0 Å². The van der Waals surface area contributed by atoms with Gasteiger partial charge in [-0.25, -0.2) is 0 Å². The Morgan fingerprint density at radius 2 is 2.41 bits per heavy atom. The Bertz CT molecular complexity index is 748. The molecule has 0 saturated carbocycles. The Hall–Kier alpha value is -1.99. The van der Waals surface area contributed by atoms with E-state index in [1.807, 2.05) is 34.8 Å². The summed E-state index contributed by atoms with van der Waals surface area (Å²) in [5, 5.41) is 12.4. The van der Waals surface area contributed by atoms with Gasteiger partial charge in [0.1, 0.15) is 0 Å². The number of aryl methyl sites for hydroxylation is 1. The van der Waals surface area contributed by atoms with Gasteiger partial charge in [0, 0.05) is 35.8 Å². The summed E-state index contributed by atoms with van der Waals surface area (Å²) in [4.78, 5) is 6.91. The molecule has 0 N–H and O–H groups in total. The van der Waals surface area contributed by atoms with Gasteiger partial charge < -0.3 is 4.52 Å². The zero-order chi connectivity index (χ0) is 14.9. The fourth-order valence-corrected chi connectivity index (χ4v) is 3.64. The fourth-order valence-electron chi connectivity index (χ4n) is 3.01. The number of hydrogen-bond acceptors (Lipinski definition) is 6. The van der Waals surface area contributed by atoms with E-state index in [1.54, 1.807) is 11.3 Å². The molecule has 0 spiro atoms. The van der Waals surface area contributed by atoms with Crippen LogP contribution in [0, 0.1) is 0 Å². The van der Waals surface area contributed by atoms with Gasteiger partial charge in [-0.05, 0) is 30.8 Å². The minimum atomic E-state index is 0.394. The van der Waals surface area contributed by atoms with E-state index in [0.29, 0.717) is 24.3 Å². The molecule has 1 aliphatic heterocycles. The number of likely N-dealkylation sites (tertiary alicyclic amines) is 1. The van der Waals surface area contributed by atoms with Gasteiger partial charge in [-0.1, -0.05) is 5.16 Å². The summed E-state index contributed by atoms with van der Waals surface area (Å²) < 4.78 is 7.28. The van der Waals surface area contributed by atoms with Crippen LogP contribution >= 0.6 is 11.3 Å². The van der Waals surface area contributed by atoms with Crippen LogP contribution in [0.3, 0.4) is 0 Å². The van der Waals surface area contributed by atoms with E-state index >= 15 is 0 Å². The number of thiophene rings is 1. The fraction of sp³-hybridized carbons (Fsp3) is 0.400. The van der Waals surface area contributed by atoms with Crippen molar-refractivity contribution in [3.05, 3.63) is 40.7 Å². The van der Waals surface area contributed by atoms with Gasteiger partial charge in [0.2, 0.25) is 11.7 Å². The van der Waals surface area contributed by atoms with Gasteiger partial charge in [0.15, 0.2) is 0 Å². The number of aromatic nitrogens is 4. The normalized spacial score (nSPS) is 19.0. The third-order valence-electron chi connectivity index (χ3n) is 4.06. The first-order chi connectivity index (χ1) is 10.8. The first-order valence-corrected chi connectivity index (χ1v) is 8.31. The second-order valence-corrected chi connectivity index (χ2v) is 6.38. The molecule has 3 aromatic rings. The lowest BCUT2D eigenvalue weighted by Crippen LogP contribution is -2.22. The lowest BCUT2D eigenvalue weighted by molar-refractivity contribution is 0.212. The van der Waals surface area contributed by atoms with Crippen LogP contribution in [0.2, 0.25) is 0 Å². The highest BCUT2D eigenvalue weighted by molar-refractivity contribution is 7.08. The molecule has 1 aliphatic rings. The van der Waals surface area contributed by atoms with Crippen molar-refractivity contribution in [2.75, 3.05) is 6.54 Å². The molecule has 6 nitrogen and oxygen atoms in total. The Labute approximate surface area is 132 Å². The molecule has 114 valence electrons. The number of rotatable bonds is 4. The van der Waals surface area contributed by atoms with E-state index in [-0.39, 0.29) is 0 Å². The van der Waals surface area contributed by atoms with Gasteiger partial charge in [-0.2, -0.15) is 21.4 Å². The molecule has 3 aromatic heterocycles. The maximum absolute atomic E-state index is 5.42. The average molecular weight is 315 g/mol. The van der Waals surface area contributed by atoms with E-state index in [2.05, 4.69) is 26.3 Å². The Balaban J connectivity index is 1.50. The highest BCUT2D eigenvalue weighted by Gasteiger charge is 2.28. The van der Waals surface area contributed by atoms with Gasteiger partial charge in [0.05, 0.1) is 12.7 Å². The zero-order valence-electron chi connectivity index (χ0n) is 12.3. The van der Waals surface area contributed by atoms with Crippen LogP contribution in [0.1, 0.15) is 30.3 Å². The molecule has 1 atom stereocenters. The highest BCUT2D eigenvalue weighted by atomic mass is 32.1. The van der Waals surface area contributed by atoms with Crippen LogP contribution in [0.4, 0.5) is 0 Å². The molecular weight excluding hydrogens is 298 g/mol. The van der Waals surface area contributed by atoms with Gasteiger partial charge in [-0.3, -0.25) is 9.58 Å². The number of nitrogens with zero attached hydrogens (tertiary/aromatic N) is 5. The van der Waals surface area contributed by atoms with Crippen LogP contribution in [0.15, 0.2) is 33.7 Å². The topological polar surface area (TPSA) is 60.0 Å². The van der Waals surface area contributed by atoms with Crippen molar-refractivity contribution in [2.45, 2.75) is 25.4 Å². The minimum absolute atomic E-state index is 0.394. The summed E-state index contributed by atoms with van der Waals surface area (Å²) in [7, 11) is 1.95. The maximum atomic E-state index is 5.42. The van der Waals surface area contributed by atoms with E-state index in [9.17, 15) is 0 Å². The summed E-state index contributed by atoms with van der Waals surface area (Å²) >= 11 is 1.64. The van der Waals surface area contributed by atoms with Crippen molar-refractivity contribution in [1.29, 1.82) is 0 Å². The molecule has 0 bridgehead atoms. The highest BCUT2D eigenvalue weighted by Crippen LogP contribution is 2.32. The van der Waals surface area contributed by atoms with E-state index in [0.717, 1.165) is 18.5 Å². The second-order valence-electron chi connectivity index (χ2n) is 5.60. The van der Waals surface area contributed by atoms with Crippen molar-refractivity contribution in [3.8, 4) is 11.4 Å². The van der Waals surface area contributed by atoms with Crippen LogP contribution in [0.5, 0.6) is 0 Å². The third kappa shape index (κ3) is 2.57. The standard InChI is InChI=1S/C15H17N5OS/c1-19-8-12(7-16-19)13-3-2-5-20(13)9-14-17-15(18-21-14)11-4-6-22-10-11/h4,6-8,10,13H,2-3,5,9H2,1H3/t13-/m0/s1. The van der Waals surface area contributed by atoms with Crippen molar-refractivity contribution >= 4 is 11.3 Å². The molecule has 4 rings (SSSR count). The van der Waals surface area contributed by atoms with Crippen molar-refractivity contribution in [2.24, 2.45) is 7.05 Å². The Morgan fingerprint density at radius 1 is 1.45 bits per heavy atom. The third-order valence-corrected chi connectivity index (χ3v) is 4.74. The van der Waals surface area contributed by atoms with E-state index in [4.69, 9.17) is 4.52 Å². The first-order valence-electron chi connectivity index (χ1n) is 7.37. The van der Waals surface area contributed by atoms with Crippen LogP contribution < -0.4 is 0 Å². The summed E-state index contributed by atoms with van der Waals surface area (Å²) in [6.07, 6.45) is 6.38. The maximum Gasteiger partial charge on any atom is 0.241 e. The van der Waals surface area contributed by atoms with Crippen LogP contribution in [-0.2, 0) is 13.6 Å². The molecule has 1 fully saturated rings. The monoisotopic (exact) mass is 315 g/mol. The molecule has 0 unspecified atom stereocenters. The summed E-state index contributed by atoms with van der Waals surface area (Å²) in [5.41, 5.74) is 2.28. The molecule has 0 aromatic carbocycles. The predicted octanol–water partition coefficient (Wildman–Crippen LogP) is 2.87.